The topological polar surface area (TPSA) is 81.7 Å². The molecule has 1 heterocycles. The number of urea groups is 1. The molecule has 21 heavy (non-hydrogen) atoms. The van der Waals surface area contributed by atoms with Crippen molar-refractivity contribution in [1.29, 1.82) is 0 Å². The lowest BCUT2D eigenvalue weighted by Gasteiger charge is -2.34. The van der Waals surface area contributed by atoms with Crippen LogP contribution in [0.2, 0.25) is 0 Å². The SMILES string of the molecule is CNCCCNC(=O)N1Cc2ccccc2CC1C(=O)O. The summed E-state index contributed by atoms with van der Waals surface area (Å²) in [6.07, 6.45) is 1.17. The molecule has 2 rings (SSSR count). The van der Waals surface area contributed by atoms with Gasteiger partial charge in [0.25, 0.3) is 0 Å². The second kappa shape index (κ2) is 7.08. The first-order valence-electron chi connectivity index (χ1n) is 7.12. The van der Waals surface area contributed by atoms with Gasteiger partial charge in [0.2, 0.25) is 0 Å². The lowest BCUT2D eigenvalue weighted by Crippen LogP contribution is -2.52. The van der Waals surface area contributed by atoms with E-state index >= 15 is 0 Å². The Kier molecular flexibility index (Phi) is 5.16. The van der Waals surface area contributed by atoms with Crippen LogP contribution in [0.4, 0.5) is 4.79 Å². The second-order valence-electron chi connectivity index (χ2n) is 5.14. The molecule has 2 amide bonds. The lowest BCUT2D eigenvalue weighted by atomic mass is 9.94. The van der Waals surface area contributed by atoms with Gasteiger partial charge in [-0.25, -0.2) is 9.59 Å². The molecular weight excluding hydrogens is 270 g/mol. The van der Waals surface area contributed by atoms with Gasteiger partial charge in [0.05, 0.1) is 0 Å². The van der Waals surface area contributed by atoms with E-state index in [-0.39, 0.29) is 6.03 Å². The average Bonchev–Trinajstić information content (AvgIpc) is 2.50. The van der Waals surface area contributed by atoms with Gasteiger partial charge in [-0.2, -0.15) is 0 Å². The van der Waals surface area contributed by atoms with Gasteiger partial charge in [0.15, 0.2) is 0 Å². The molecule has 0 fully saturated rings. The van der Waals surface area contributed by atoms with Crippen LogP contribution in [0.25, 0.3) is 0 Å². The Morgan fingerprint density at radius 1 is 1.29 bits per heavy atom. The largest absolute Gasteiger partial charge is 0.480 e. The van der Waals surface area contributed by atoms with Crippen LogP contribution in [0.3, 0.4) is 0 Å². The zero-order valence-electron chi connectivity index (χ0n) is 12.1. The zero-order chi connectivity index (χ0) is 15.2. The first-order chi connectivity index (χ1) is 10.1. The van der Waals surface area contributed by atoms with Crippen molar-refractivity contribution in [2.75, 3.05) is 20.1 Å². The maximum absolute atomic E-state index is 12.2. The summed E-state index contributed by atoms with van der Waals surface area (Å²) in [5.41, 5.74) is 2.02. The molecule has 0 saturated carbocycles. The average molecular weight is 291 g/mol. The molecule has 3 N–H and O–H groups in total. The van der Waals surface area contributed by atoms with Crippen LogP contribution in [0.5, 0.6) is 0 Å². The van der Waals surface area contributed by atoms with Crippen LogP contribution >= 0.6 is 0 Å². The highest BCUT2D eigenvalue weighted by Crippen LogP contribution is 2.23. The molecule has 1 unspecified atom stereocenters. The van der Waals surface area contributed by atoms with Crippen LogP contribution in [0, 0.1) is 0 Å². The molecule has 6 heteroatoms. The maximum atomic E-state index is 12.2. The Morgan fingerprint density at radius 3 is 2.67 bits per heavy atom. The highest BCUT2D eigenvalue weighted by molar-refractivity contribution is 5.83. The highest BCUT2D eigenvalue weighted by Gasteiger charge is 2.34. The number of nitrogens with zero attached hydrogens (tertiary/aromatic N) is 1. The van der Waals surface area contributed by atoms with Crippen molar-refractivity contribution in [3.8, 4) is 0 Å². The summed E-state index contributed by atoms with van der Waals surface area (Å²) in [5.74, 6) is -0.963. The Balaban J connectivity index is 2.06. The van der Waals surface area contributed by atoms with E-state index in [1.165, 1.54) is 4.90 Å². The molecule has 0 spiro atoms. The van der Waals surface area contributed by atoms with Crippen LogP contribution < -0.4 is 10.6 Å². The first-order valence-corrected chi connectivity index (χ1v) is 7.12. The number of carbonyl (C=O) groups is 2. The minimum absolute atomic E-state index is 0.312. The van der Waals surface area contributed by atoms with E-state index in [1.54, 1.807) is 0 Å². The molecule has 1 aromatic rings. The summed E-state index contributed by atoms with van der Waals surface area (Å²) in [4.78, 5) is 25.0. The van der Waals surface area contributed by atoms with Gasteiger partial charge in [-0.15, -0.1) is 0 Å². The van der Waals surface area contributed by atoms with Crippen molar-refractivity contribution in [2.24, 2.45) is 0 Å². The molecule has 1 aromatic carbocycles. The quantitative estimate of drug-likeness (QED) is 0.701. The summed E-state index contributed by atoms with van der Waals surface area (Å²) in [6, 6.07) is 6.55. The molecule has 6 nitrogen and oxygen atoms in total. The normalized spacial score (nSPS) is 17.2. The second-order valence-corrected chi connectivity index (χ2v) is 5.14. The van der Waals surface area contributed by atoms with E-state index in [2.05, 4.69) is 10.6 Å². The van der Waals surface area contributed by atoms with Gasteiger partial charge in [-0.3, -0.25) is 0 Å². The molecule has 1 aliphatic heterocycles. The molecule has 0 aromatic heterocycles. The molecule has 0 aliphatic carbocycles. The number of carboxylic acids is 1. The number of amides is 2. The van der Waals surface area contributed by atoms with Gasteiger partial charge < -0.3 is 20.6 Å². The molecule has 114 valence electrons. The number of aliphatic carboxylic acids is 1. The first kappa shape index (κ1) is 15.3. The minimum atomic E-state index is -0.963. The van der Waals surface area contributed by atoms with Crippen LogP contribution in [-0.2, 0) is 17.8 Å². The molecular formula is C15H21N3O3. The third kappa shape index (κ3) is 3.72. The lowest BCUT2D eigenvalue weighted by molar-refractivity contribution is -0.142. The van der Waals surface area contributed by atoms with Crippen molar-refractivity contribution in [1.82, 2.24) is 15.5 Å². The van der Waals surface area contributed by atoms with Crippen LogP contribution in [0.1, 0.15) is 17.5 Å². The van der Waals surface area contributed by atoms with Crippen molar-refractivity contribution in [3.63, 3.8) is 0 Å². The fourth-order valence-electron chi connectivity index (χ4n) is 2.52. The Labute approximate surface area is 124 Å². The van der Waals surface area contributed by atoms with Crippen molar-refractivity contribution < 1.29 is 14.7 Å². The molecule has 1 aliphatic rings. The van der Waals surface area contributed by atoms with Gasteiger partial charge in [-0.05, 0) is 31.1 Å². The highest BCUT2D eigenvalue weighted by atomic mass is 16.4. The third-order valence-electron chi connectivity index (χ3n) is 3.67. The summed E-state index contributed by atoms with van der Waals surface area (Å²) in [7, 11) is 1.85. The molecule has 1 atom stereocenters. The van der Waals surface area contributed by atoms with E-state index in [0.717, 1.165) is 24.1 Å². The predicted octanol–water partition coefficient (Wildman–Crippen LogP) is 0.817. The number of fused-ring (bicyclic) bond motifs is 1. The van der Waals surface area contributed by atoms with E-state index < -0.39 is 12.0 Å². The number of benzene rings is 1. The van der Waals surface area contributed by atoms with Crippen molar-refractivity contribution in [3.05, 3.63) is 35.4 Å². The number of nitrogens with one attached hydrogen (secondary N) is 2. The van der Waals surface area contributed by atoms with Gasteiger partial charge in [-0.1, -0.05) is 24.3 Å². The van der Waals surface area contributed by atoms with Crippen molar-refractivity contribution >= 4 is 12.0 Å². The summed E-state index contributed by atoms with van der Waals surface area (Å²) in [6.45, 7) is 1.68. The Bertz CT molecular complexity index is 519. The van der Waals surface area contributed by atoms with Crippen molar-refractivity contribution in [2.45, 2.75) is 25.4 Å². The summed E-state index contributed by atoms with van der Waals surface area (Å²) >= 11 is 0. The van der Waals surface area contributed by atoms with E-state index in [4.69, 9.17) is 0 Å². The monoisotopic (exact) mass is 291 g/mol. The van der Waals surface area contributed by atoms with Gasteiger partial charge in [0, 0.05) is 19.5 Å². The van der Waals surface area contributed by atoms with Gasteiger partial charge in [0.1, 0.15) is 6.04 Å². The van der Waals surface area contributed by atoms with Gasteiger partial charge >= 0.3 is 12.0 Å². The number of rotatable bonds is 5. The van der Waals surface area contributed by atoms with Crippen LogP contribution in [-0.4, -0.2) is 48.2 Å². The zero-order valence-corrected chi connectivity index (χ0v) is 12.1. The molecule has 0 radical (unpaired) electrons. The predicted molar refractivity (Wildman–Crippen MR) is 79.1 cm³/mol. The Hall–Kier alpha value is -2.08. The number of carboxylic acid groups (broad SMARTS) is 1. The smallest absolute Gasteiger partial charge is 0.326 e. The standard InChI is InChI=1S/C15H21N3O3/c1-16-7-4-8-17-15(21)18-10-12-6-3-2-5-11(12)9-13(18)14(19)20/h2-3,5-6,13,16H,4,7-10H2,1H3,(H,17,21)(H,19,20). The molecule has 0 bridgehead atoms. The van der Waals surface area contributed by atoms with E-state index in [1.807, 2.05) is 31.3 Å². The minimum Gasteiger partial charge on any atom is -0.480 e. The number of hydrogen-bond acceptors (Lipinski definition) is 3. The summed E-state index contributed by atoms with van der Waals surface area (Å²) < 4.78 is 0. The number of carbonyl (C=O) groups excluding carboxylic acids is 1. The Morgan fingerprint density at radius 2 is 2.00 bits per heavy atom. The van der Waals surface area contributed by atoms with E-state index in [0.29, 0.717) is 19.5 Å². The van der Waals surface area contributed by atoms with Crippen LogP contribution in [0.15, 0.2) is 24.3 Å². The maximum Gasteiger partial charge on any atom is 0.326 e. The number of hydrogen-bond donors (Lipinski definition) is 3. The molecule has 0 saturated heterocycles. The summed E-state index contributed by atoms with van der Waals surface area (Å²) in [5, 5.41) is 15.1. The van der Waals surface area contributed by atoms with E-state index in [9.17, 15) is 14.7 Å². The third-order valence-corrected chi connectivity index (χ3v) is 3.67. The fraction of sp³-hybridized carbons (Fsp3) is 0.467. The fourth-order valence-corrected chi connectivity index (χ4v) is 2.52.